The Morgan fingerprint density at radius 2 is 0.844 bits per heavy atom. The van der Waals surface area contributed by atoms with Crippen molar-refractivity contribution in [3.05, 3.63) is 135 Å². The lowest BCUT2D eigenvalue weighted by atomic mass is 9.78. The largest absolute Gasteiger partial charge is 0.325 e. The van der Waals surface area contributed by atoms with Crippen molar-refractivity contribution < 1.29 is 4.79 Å². The van der Waals surface area contributed by atoms with Crippen LogP contribution in [0.1, 0.15) is 20.8 Å². The minimum absolute atomic E-state index is 0.0834. The van der Waals surface area contributed by atoms with Gasteiger partial charge in [-0.25, -0.2) is 0 Å². The normalized spacial score (nSPS) is 11.5. The van der Waals surface area contributed by atoms with Gasteiger partial charge >= 0.3 is 0 Å². The second kappa shape index (κ2) is 12.5. The average Bonchev–Trinajstić information content (AvgIpc) is 3.01. The maximum atomic E-state index is 13.5. The third kappa shape index (κ3) is 6.34. The molecule has 0 saturated carbocycles. The molecule has 0 fully saturated rings. The van der Waals surface area contributed by atoms with Gasteiger partial charge in [-0.3, -0.25) is 4.79 Å². The highest BCUT2D eigenvalue weighted by atomic mass is 35.5. The molecule has 0 aliphatic rings. The molecule has 0 saturated heterocycles. The van der Waals surface area contributed by atoms with Crippen LogP contribution >= 0.6 is 46.4 Å². The van der Waals surface area contributed by atoms with Crippen molar-refractivity contribution in [3.8, 4) is 44.5 Å². The Labute approximate surface area is 283 Å². The van der Waals surface area contributed by atoms with E-state index in [4.69, 9.17) is 46.4 Å². The maximum Gasteiger partial charge on any atom is 0.229 e. The number of benzene rings is 6. The van der Waals surface area contributed by atoms with E-state index in [2.05, 4.69) is 11.4 Å². The molecule has 45 heavy (non-hydrogen) atoms. The first-order chi connectivity index (χ1) is 21.5. The van der Waals surface area contributed by atoms with Crippen molar-refractivity contribution >= 4 is 68.8 Å². The van der Waals surface area contributed by atoms with Gasteiger partial charge < -0.3 is 5.32 Å². The summed E-state index contributed by atoms with van der Waals surface area (Å²) >= 11 is 25.6. The lowest BCUT2D eigenvalue weighted by Gasteiger charge is -2.26. The predicted octanol–water partition coefficient (Wildman–Crippen LogP) is 13.1. The summed E-state index contributed by atoms with van der Waals surface area (Å²) in [5, 5.41) is 7.70. The highest BCUT2D eigenvalue weighted by molar-refractivity contribution is 6.32. The molecule has 0 aromatic heterocycles. The summed E-state index contributed by atoms with van der Waals surface area (Å²) in [5.41, 5.74) is 7.92. The first kappa shape index (κ1) is 31.2. The second-order valence-electron chi connectivity index (χ2n) is 12.0. The van der Waals surface area contributed by atoms with E-state index in [1.807, 2.05) is 130 Å². The number of hydrogen-bond donors (Lipinski definition) is 1. The standard InChI is InChI=1S/C39H29Cl4NO/c1-39(2,3)38(45)44-32-6-4-5-31-33(23-7-15-27(40)16-8-23)34(24-9-17-28(41)18-10-24)35(25-11-19-29(42)20-12-25)36(37(31)32)26-13-21-30(43)22-14-26/h4-22H,1-3H3,(H,44,45). The SMILES string of the molecule is CC(C)(C)C(=O)Nc1cccc2c(-c3ccc(Cl)cc3)c(-c3ccc(Cl)cc3)c(-c3ccc(Cl)cc3)c(-c3ccc(Cl)cc3)c12. The molecule has 0 heterocycles. The number of amides is 1. The van der Waals surface area contributed by atoms with Crippen molar-refractivity contribution in [1.29, 1.82) is 0 Å². The summed E-state index contributed by atoms with van der Waals surface area (Å²) in [6, 6.07) is 37.5. The molecule has 0 spiro atoms. The molecule has 0 radical (unpaired) electrons. The zero-order valence-electron chi connectivity index (χ0n) is 24.9. The number of fused-ring (bicyclic) bond motifs is 1. The smallest absolute Gasteiger partial charge is 0.229 e. The van der Waals surface area contributed by atoms with Crippen LogP contribution < -0.4 is 5.32 Å². The third-order valence-electron chi connectivity index (χ3n) is 7.79. The number of hydrogen-bond acceptors (Lipinski definition) is 1. The molecule has 0 bridgehead atoms. The van der Waals surface area contributed by atoms with E-state index in [-0.39, 0.29) is 5.91 Å². The van der Waals surface area contributed by atoms with E-state index in [1.165, 1.54) is 0 Å². The molecule has 224 valence electrons. The van der Waals surface area contributed by atoms with Crippen molar-refractivity contribution in [2.75, 3.05) is 5.32 Å². The monoisotopic (exact) mass is 667 g/mol. The molecule has 6 aromatic carbocycles. The van der Waals surface area contributed by atoms with Crippen molar-refractivity contribution in [2.24, 2.45) is 5.41 Å². The van der Waals surface area contributed by atoms with Crippen molar-refractivity contribution in [2.45, 2.75) is 20.8 Å². The molecule has 1 N–H and O–H groups in total. The Balaban J connectivity index is 1.89. The Morgan fingerprint density at radius 3 is 1.24 bits per heavy atom. The number of nitrogens with one attached hydrogen (secondary N) is 1. The minimum atomic E-state index is -0.607. The van der Waals surface area contributed by atoms with Crippen molar-refractivity contribution in [3.63, 3.8) is 0 Å². The van der Waals surface area contributed by atoms with E-state index >= 15 is 0 Å². The third-order valence-corrected chi connectivity index (χ3v) is 8.80. The zero-order valence-corrected chi connectivity index (χ0v) is 27.9. The predicted molar refractivity (Wildman–Crippen MR) is 194 cm³/mol. The fraction of sp³-hybridized carbons (Fsp3) is 0.103. The van der Waals surface area contributed by atoms with Gasteiger partial charge in [0, 0.05) is 42.1 Å². The molecular weight excluding hydrogens is 640 g/mol. The van der Waals surface area contributed by atoms with Gasteiger partial charge in [0.1, 0.15) is 0 Å². The number of carbonyl (C=O) groups is 1. The van der Waals surface area contributed by atoms with Crippen molar-refractivity contribution in [1.82, 2.24) is 0 Å². The summed E-state index contributed by atoms with van der Waals surface area (Å²) in [6.07, 6.45) is 0. The van der Waals surface area contributed by atoms with E-state index < -0.39 is 5.41 Å². The summed E-state index contributed by atoms with van der Waals surface area (Å²) < 4.78 is 0. The molecule has 6 heteroatoms. The minimum Gasteiger partial charge on any atom is -0.325 e. The molecule has 0 atom stereocenters. The van der Waals surface area contributed by atoms with Gasteiger partial charge in [-0.15, -0.1) is 0 Å². The van der Waals surface area contributed by atoms with Gasteiger partial charge in [-0.05, 0) is 98.9 Å². The van der Waals surface area contributed by atoms with Gasteiger partial charge in [0.2, 0.25) is 5.91 Å². The Hall–Kier alpha value is -3.79. The topological polar surface area (TPSA) is 29.1 Å². The van der Waals surface area contributed by atoms with Gasteiger partial charge in [0.25, 0.3) is 0 Å². The van der Waals surface area contributed by atoms with E-state index in [9.17, 15) is 4.79 Å². The highest BCUT2D eigenvalue weighted by Gasteiger charge is 2.27. The molecule has 1 amide bonds. The van der Waals surface area contributed by atoms with E-state index in [1.54, 1.807) is 0 Å². The fourth-order valence-electron chi connectivity index (χ4n) is 5.59. The number of rotatable bonds is 5. The van der Waals surface area contributed by atoms with Crippen LogP contribution in [0.3, 0.4) is 0 Å². The molecule has 6 rings (SSSR count). The molecule has 0 aliphatic heterocycles. The molecule has 2 nitrogen and oxygen atoms in total. The lowest BCUT2D eigenvalue weighted by Crippen LogP contribution is -2.27. The van der Waals surface area contributed by atoms with Gasteiger partial charge in [-0.1, -0.05) is 128 Å². The Morgan fingerprint density at radius 1 is 0.489 bits per heavy atom. The highest BCUT2D eigenvalue weighted by Crippen LogP contribution is 2.53. The number of halogens is 4. The molecule has 0 aliphatic carbocycles. The first-order valence-corrected chi connectivity index (χ1v) is 16.0. The summed E-state index contributed by atoms with van der Waals surface area (Å²) in [6.45, 7) is 5.72. The zero-order chi connectivity index (χ0) is 31.9. The summed E-state index contributed by atoms with van der Waals surface area (Å²) in [7, 11) is 0. The van der Waals surface area contributed by atoms with E-state index in [0.717, 1.165) is 55.3 Å². The number of carbonyl (C=O) groups excluding carboxylic acids is 1. The second-order valence-corrected chi connectivity index (χ2v) is 13.7. The summed E-state index contributed by atoms with van der Waals surface area (Å²) in [5.74, 6) is -0.0834. The molecule has 0 unspecified atom stereocenters. The maximum absolute atomic E-state index is 13.5. The quantitative estimate of drug-likeness (QED) is 0.195. The van der Waals surface area contributed by atoms with Gasteiger partial charge in [0.15, 0.2) is 0 Å². The van der Waals surface area contributed by atoms with Crippen LogP contribution in [0, 0.1) is 5.41 Å². The Kier molecular flexibility index (Phi) is 8.70. The first-order valence-electron chi connectivity index (χ1n) is 14.5. The van der Waals surface area contributed by atoms with Crippen LogP contribution in [0.2, 0.25) is 20.1 Å². The van der Waals surface area contributed by atoms with Crippen LogP contribution in [-0.2, 0) is 4.79 Å². The van der Waals surface area contributed by atoms with Crippen LogP contribution in [0.4, 0.5) is 5.69 Å². The molecular formula is C39H29Cl4NO. The Bertz CT molecular complexity index is 2030. The van der Waals surface area contributed by atoms with Crippen LogP contribution in [-0.4, -0.2) is 5.91 Å². The van der Waals surface area contributed by atoms with Crippen LogP contribution in [0.15, 0.2) is 115 Å². The lowest BCUT2D eigenvalue weighted by molar-refractivity contribution is -0.123. The number of anilines is 1. The van der Waals surface area contributed by atoms with E-state index in [0.29, 0.717) is 25.8 Å². The fourth-order valence-corrected chi connectivity index (χ4v) is 6.09. The van der Waals surface area contributed by atoms with Gasteiger partial charge in [-0.2, -0.15) is 0 Å². The van der Waals surface area contributed by atoms with Crippen LogP contribution in [0.5, 0.6) is 0 Å². The average molecular weight is 669 g/mol. The van der Waals surface area contributed by atoms with Gasteiger partial charge in [0.05, 0.1) is 0 Å². The molecule has 6 aromatic rings. The summed E-state index contributed by atoms with van der Waals surface area (Å²) in [4.78, 5) is 13.5. The van der Waals surface area contributed by atoms with Crippen LogP contribution in [0.25, 0.3) is 55.3 Å².